The Labute approximate surface area is 137 Å². The highest BCUT2D eigenvalue weighted by atomic mass is 16.5. The largest absolute Gasteiger partial charge is 0.507 e. The Balaban J connectivity index is 2.27. The molecule has 2 aromatic rings. The molecule has 0 fully saturated rings. The Morgan fingerprint density at radius 1 is 0.917 bits per heavy atom. The minimum atomic E-state index is -0.639. The number of phenols is 1. The third kappa shape index (κ3) is 3.70. The zero-order valence-corrected chi connectivity index (χ0v) is 13.0. The van der Waals surface area contributed by atoms with Crippen molar-refractivity contribution in [1.29, 1.82) is 0 Å². The molecule has 0 spiro atoms. The molecule has 0 saturated carbocycles. The van der Waals surface area contributed by atoms with E-state index >= 15 is 0 Å². The van der Waals surface area contributed by atoms with Gasteiger partial charge in [0.25, 0.3) is 5.91 Å². The quantitative estimate of drug-likeness (QED) is 0.834. The van der Waals surface area contributed by atoms with E-state index < -0.39 is 17.8 Å². The smallest absolute Gasteiger partial charge is 0.337 e. The second-order valence-corrected chi connectivity index (χ2v) is 4.75. The summed E-state index contributed by atoms with van der Waals surface area (Å²) in [6, 6.07) is 9.92. The van der Waals surface area contributed by atoms with E-state index in [1.165, 1.54) is 44.6 Å². The summed E-state index contributed by atoms with van der Waals surface area (Å²) >= 11 is 0. The Bertz CT molecular complexity index is 799. The van der Waals surface area contributed by atoms with E-state index in [4.69, 9.17) is 0 Å². The Morgan fingerprint density at radius 3 is 2.17 bits per heavy atom. The van der Waals surface area contributed by atoms with Crippen LogP contribution in [0.4, 0.5) is 5.69 Å². The van der Waals surface area contributed by atoms with Gasteiger partial charge in [0.15, 0.2) is 0 Å². The van der Waals surface area contributed by atoms with Crippen LogP contribution in [0.25, 0.3) is 0 Å². The van der Waals surface area contributed by atoms with Crippen molar-refractivity contribution in [3.05, 3.63) is 59.2 Å². The summed E-state index contributed by atoms with van der Waals surface area (Å²) in [6.07, 6.45) is 0. The molecule has 2 rings (SSSR count). The molecule has 0 aromatic heterocycles. The van der Waals surface area contributed by atoms with Crippen molar-refractivity contribution >= 4 is 23.5 Å². The predicted molar refractivity (Wildman–Crippen MR) is 85.2 cm³/mol. The van der Waals surface area contributed by atoms with Crippen LogP contribution in [0, 0.1) is 0 Å². The highest BCUT2D eigenvalue weighted by Crippen LogP contribution is 2.21. The van der Waals surface area contributed by atoms with Crippen molar-refractivity contribution in [2.75, 3.05) is 19.5 Å². The minimum absolute atomic E-state index is 0.0960. The van der Waals surface area contributed by atoms with Gasteiger partial charge >= 0.3 is 11.9 Å². The first-order valence-electron chi connectivity index (χ1n) is 6.87. The van der Waals surface area contributed by atoms with Crippen LogP contribution >= 0.6 is 0 Å². The standard InChI is InChI=1S/C17H15NO6/c1-23-16(21)10-4-3-5-12(8-10)18-15(20)13-9-11(17(22)24-2)6-7-14(13)19/h3-9,19H,1-2H3,(H,18,20). The van der Waals surface area contributed by atoms with Crippen LogP contribution in [0.5, 0.6) is 5.75 Å². The molecule has 1 amide bonds. The number of hydrogen-bond donors (Lipinski definition) is 2. The van der Waals surface area contributed by atoms with Crippen LogP contribution in [-0.2, 0) is 9.47 Å². The number of hydrogen-bond acceptors (Lipinski definition) is 6. The number of anilines is 1. The first-order chi connectivity index (χ1) is 11.5. The van der Waals surface area contributed by atoms with Gasteiger partial charge in [0.1, 0.15) is 5.75 Å². The first-order valence-corrected chi connectivity index (χ1v) is 6.87. The van der Waals surface area contributed by atoms with Gasteiger partial charge in [-0.3, -0.25) is 4.79 Å². The summed E-state index contributed by atoms with van der Waals surface area (Å²) in [7, 11) is 2.47. The summed E-state index contributed by atoms with van der Waals surface area (Å²) in [5, 5.41) is 12.4. The molecule has 2 aromatic carbocycles. The molecule has 0 saturated heterocycles. The van der Waals surface area contributed by atoms with Crippen molar-refractivity contribution in [2.24, 2.45) is 0 Å². The van der Waals surface area contributed by atoms with Gasteiger partial charge in [0.05, 0.1) is 30.9 Å². The van der Waals surface area contributed by atoms with E-state index in [1.54, 1.807) is 12.1 Å². The number of ether oxygens (including phenoxy) is 2. The Hall–Kier alpha value is -3.35. The molecular formula is C17H15NO6. The van der Waals surface area contributed by atoms with Crippen LogP contribution in [0.2, 0.25) is 0 Å². The van der Waals surface area contributed by atoms with Gasteiger partial charge in [0, 0.05) is 5.69 Å². The summed E-state index contributed by atoms with van der Waals surface area (Å²) in [4.78, 5) is 35.3. The lowest BCUT2D eigenvalue weighted by molar-refractivity contribution is 0.0591. The van der Waals surface area contributed by atoms with Gasteiger partial charge in [-0.05, 0) is 36.4 Å². The molecule has 24 heavy (non-hydrogen) atoms. The molecule has 0 aliphatic carbocycles. The van der Waals surface area contributed by atoms with Crippen LogP contribution < -0.4 is 5.32 Å². The number of carbonyl (C=O) groups is 3. The molecule has 0 atom stereocenters. The fourth-order valence-corrected chi connectivity index (χ4v) is 2.00. The zero-order chi connectivity index (χ0) is 17.7. The van der Waals surface area contributed by atoms with Crippen molar-refractivity contribution < 1.29 is 29.0 Å². The number of nitrogens with one attached hydrogen (secondary N) is 1. The SMILES string of the molecule is COC(=O)c1cccc(NC(=O)c2cc(C(=O)OC)ccc2O)c1. The van der Waals surface area contributed by atoms with Crippen molar-refractivity contribution in [3.8, 4) is 5.75 Å². The molecule has 7 nitrogen and oxygen atoms in total. The summed E-state index contributed by atoms with van der Waals surface area (Å²) in [6.45, 7) is 0. The molecule has 0 unspecified atom stereocenters. The molecule has 0 aliphatic rings. The third-order valence-corrected chi connectivity index (χ3v) is 3.20. The van der Waals surface area contributed by atoms with Crippen LogP contribution in [0.15, 0.2) is 42.5 Å². The normalized spacial score (nSPS) is 9.92. The van der Waals surface area contributed by atoms with E-state index in [9.17, 15) is 19.5 Å². The third-order valence-electron chi connectivity index (χ3n) is 3.20. The molecule has 0 aliphatic heterocycles. The monoisotopic (exact) mass is 329 g/mol. The van der Waals surface area contributed by atoms with Crippen molar-refractivity contribution in [2.45, 2.75) is 0 Å². The van der Waals surface area contributed by atoms with Crippen LogP contribution in [0.3, 0.4) is 0 Å². The molecule has 7 heteroatoms. The van der Waals surface area contributed by atoms with Gasteiger partial charge in [-0.15, -0.1) is 0 Å². The number of aromatic hydroxyl groups is 1. The van der Waals surface area contributed by atoms with Gasteiger partial charge in [0.2, 0.25) is 0 Å². The number of benzene rings is 2. The van der Waals surface area contributed by atoms with E-state index in [-0.39, 0.29) is 22.4 Å². The summed E-state index contributed by atoms with van der Waals surface area (Å²) in [5.74, 6) is -2.09. The van der Waals surface area contributed by atoms with Crippen molar-refractivity contribution in [3.63, 3.8) is 0 Å². The number of carbonyl (C=O) groups excluding carboxylic acids is 3. The van der Waals surface area contributed by atoms with E-state index in [1.807, 2.05) is 0 Å². The van der Waals surface area contributed by atoms with Gasteiger partial charge in [-0.1, -0.05) is 6.07 Å². The van der Waals surface area contributed by atoms with Gasteiger partial charge in [-0.2, -0.15) is 0 Å². The number of methoxy groups -OCH3 is 2. The van der Waals surface area contributed by atoms with Gasteiger partial charge in [-0.25, -0.2) is 9.59 Å². The molecule has 0 radical (unpaired) electrons. The zero-order valence-electron chi connectivity index (χ0n) is 13.0. The number of phenolic OH excluding ortho intramolecular Hbond substituents is 1. The molecule has 0 heterocycles. The maximum atomic E-state index is 12.3. The second kappa shape index (κ2) is 7.28. The second-order valence-electron chi connectivity index (χ2n) is 4.75. The fourth-order valence-electron chi connectivity index (χ4n) is 2.00. The molecule has 0 bridgehead atoms. The Morgan fingerprint density at radius 2 is 1.54 bits per heavy atom. The maximum absolute atomic E-state index is 12.3. The van der Waals surface area contributed by atoms with Crippen LogP contribution in [0.1, 0.15) is 31.1 Å². The maximum Gasteiger partial charge on any atom is 0.337 e. The first kappa shape index (κ1) is 17.0. The summed E-state index contributed by atoms with van der Waals surface area (Å²) in [5.41, 5.74) is 0.638. The van der Waals surface area contributed by atoms with E-state index in [2.05, 4.69) is 14.8 Å². The van der Waals surface area contributed by atoms with Crippen molar-refractivity contribution in [1.82, 2.24) is 0 Å². The molecular weight excluding hydrogens is 314 g/mol. The average Bonchev–Trinajstić information content (AvgIpc) is 2.60. The highest BCUT2D eigenvalue weighted by molar-refractivity contribution is 6.08. The lowest BCUT2D eigenvalue weighted by Crippen LogP contribution is -2.14. The van der Waals surface area contributed by atoms with Gasteiger partial charge < -0.3 is 19.9 Å². The topological polar surface area (TPSA) is 102 Å². The highest BCUT2D eigenvalue weighted by Gasteiger charge is 2.16. The van der Waals surface area contributed by atoms with Crippen LogP contribution in [-0.4, -0.2) is 37.2 Å². The number of rotatable bonds is 4. The molecule has 124 valence electrons. The minimum Gasteiger partial charge on any atom is -0.507 e. The number of esters is 2. The predicted octanol–water partition coefficient (Wildman–Crippen LogP) is 2.22. The van der Waals surface area contributed by atoms with E-state index in [0.29, 0.717) is 5.69 Å². The lowest BCUT2D eigenvalue weighted by atomic mass is 10.1. The molecule has 2 N–H and O–H groups in total. The summed E-state index contributed by atoms with van der Waals surface area (Å²) < 4.78 is 9.19. The van der Waals surface area contributed by atoms with E-state index in [0.717, 1.165) is 0 Å². The fraction of sp³-hybridized carbons (Fsp3) is 0.118. The average molecular weight is 329 g/mol. The lowest BCUT2D eigenvalue weighted by Gasteiger charge is -2.09. The number of amides is 1. The Kier molecular flexibility index (Phi) is 5.16.